The zero-order chi connectivity index (χ0) is 11.7. The molecule has 2 unspecified atom stereocenters. The Morgan fingerprint density at radius 3 is 3.00 bits per heavy atom. The molecule has 0 spiro atoms. The largest absolute Gasteiger partial charge is 0.368 e. The van der Waals surface area contributed by atoms with Gasteiger partial charge in [-0.15, -0.1) is 0 Å². The molecule has 1 aliphatic rings. The molecule has 6 heteroatoms. The maximum atomic E-state index is 10.8. The molecule has 0 N–H and O–H groups in total. The molecule has 16 heavy (non-hydrogen) atoms. The first-order chi connectivity index (χ1) is 7.63. The minimum Gasteiger partial charge on any atom is -0.368 e. The van der Waals surface area contributed by atoms with Crippen LogP contribution in [0.5, 0.6) is 0 Å². The van der Waals surface area contributed by atoms with Crippen molar-refractivity contribution in [3.05, 3.63) is 22.0 Å². The van der Waals surface area contributed by atoms with Gasteiger partial charge < -0.3 is 4.74 Å². The Balaban J connectivity index is 2.26. The molecular weight excluding hydrogens is 210 g/mol. The van der Waals surface area contributed by atoms with Gasteiger partial charge in [0, 0.05) is 7.05 Å². The van der Waals surface area contributed by atoms with E-state index in [0.29, 0.717) is 5.69 Å². The maximum Gasteiger partial charge on any atom is 0.312 e. The topological polar surface area (TPSA) is 70.2 Å². The predicted octanol–water partition coefficient (Wildman–Crippen LogP) is 1.96. The molecule has 0 saturated carbocycles. The van der Waals surface area contributed by atoms with Crippen LogP contribution in [0.25, 0.3) is 0 Å². The van der Waals surface area contributed by atoms with Crippen LogP contribution in [-0.2, 0) is 11.8 Å². The smallest absolute Gasteiger partial charge is 0.312 e. The fraction of sp³-hybridized carbons (Fsp3) is 0.700. The Bertz CT molecular complexity index is 402. The summed E-state index contributed by atoms with van der Waals surface area (Å²) >= 11 is 0. The molecular formula is C10H15N3O3. The third-order valence-electron chi connectivity index (χ3n) is 3.03. The Labute approximate surface area is 93.4 Å². The highest BCUT2D eigenvalue weighted by Crippen LogP contribution is 2.37. The molecule has 0 aliphatic carbocycles. The second-order valence-electron chi connectivity index (χ2n) is 4.03. The molecule has 88 valence electrons. The lowest BCUT2D eigenvalue weighted by Crippen LogP contribution is -2.09. The van der Waals surface area contributed by atoms with Crippen LogP contribution in [0.4, 0.5) is 5.69 Å². The minimum absolute atomic E-state index is 0.0595. The molecule has 6 nitrogen and oxygen atoms in total. The van der Waals surface area contributed by atoms with Gasteiger partial charge in [0.05, 0.1) is 11.0 Å². The normalized spacial score (nSPS) is 24.9. The van der Waals surface area contributed by atoms with Crippen molar-refractivity contribution in [3.63, 3.8) is 0 Å². The zero-order valence-electron chi connectivity index (χ0n) is 9.42. The Hall–Kier alpha value is -1.43. The van der Waals surface area contributed by atoms with Crippen molar-refractivity contribution in [1.82, 2.24) is 9.78 Å². The molecule has 2 atom stereocenters. The van der Waals surface area contributed by atoms with Gasteiger partial charge >= 0.3 is 5.69 Å². The average Bonchev–Trinajstić information content (AvgIpc) is 2.83. The summed E-state index contributed by atoms with van der Waals surface area (Å²) < 4.78 is 7.30. The van der Waals surface area contributed by atoms with Gasteiger partial charge in [-0.25, -0.2) is 0 Å². The lowest BCUT2D eigenvalue weighted by Gasteiger charge is -2.12. The molecule has 2 rings (SSSR count). The molecule has 0 aromatic carbocycles. The highest BCUT2D eigenvalue weighted by molar-refractivity contribution is 5.35. The number of ether oxygens (including phenoxy) is 1. The van der Waals surface area contributed by atoms with Gasteiger partial charge in [0.15, 0.2) is 0 Å². The molecule has 2 heterocycles. The van der Waals surface area contributed by atoms with Crippen molar-refractivity contribution in [2.75, 3.05) is 0 Å². The monoisotopic (exact) mass is 225 g/mol. The molecule has 0 bridgehead atoms. The Kier molecular flexibility index (Phi) is 2.91. The fourth-order valence-corrected chi connectivity index (χ4v) is 2.16. The second kappa shape index (κ2) is 4.21. The summed E-state index contributed by atoms with van der Waals surface area (Å²) in [5.74, 6) is 0. The number of nitro groups is 1. The van der Waals surface area contributed by atoms with Gasteiger partial charge in [0.2, 0.25) is 0 Å². The highest BCUT2D eigenvalue weighted by Gasteiger charge is 2.33. The summed E-state index contributed by atoms with van der Waals surface area (Å²) in [5.41, 5.74) is 0.644. The molecule has 1 aromatic rings. The van der Waals surface area contributed by atoms with E-state index in [1.54, 1.807) is 11.7 Å². The Morgan fingerprint density at radius 2 is 2.44 bits per heavy atom. The van der Waals surface area contributed by atoms with Gasteiger partial charge in [-0.05, 0) is 19.3 Å². The summed E-state index contributed by atoms with van der Waals surface area (Å²) in [4.78, 5) is 10.4. The molecule has 0 amide bonds. The van der Waals surface area contributed by atoms with Gasteiger partial charge in [-0.3, -0.25) is 14.8 Å². The van der Waals surface area contributed by atoms with E-state index in [1.165, 1.54) is 6.20 Å². The first-order valence-corrected chi connectivity index (χ1v) is 5.45. The van der Waals surface area contributed by atoms with Crippen LogP contribution in [0.3, 0.4) is 0 Å². The number of rotatable bonds is 3. The van der Waals surface area contributed by atoms with Crippen LogP contribution in [0.2, 0.25) is 0 Å². The SMILES string of the molecule is CCC1CCC(c2c([N+](=O)[O-])cnn2C)O1. The minimum atomic E-state index is -0.398. The van der Waals surface area contributed by atoms with Crippen molar-refractivity contribution in [3.8, 4) is 0 Å². The summed E-state index contributed by atoms with van der Waals surface area (Å²) in [6.45, 7) is 2.06. The van der Waals surface area contributed by atoms with E-state index < -0.39 is 4.92 Å². The summed E-state index contributed by atoms with van der Waals surface area (Å²) in [6, 6.07) is 0. The lowest BCUT2D eigenvalue weighted by molar-refractivity contribution is -0.386. The van der Waals surface area contributed by atoms with E-state index in [9.17, 15) is 10.1 Å². The van der Waals surface area contributed by atoms with Gasteiger partial charge in [0.1, 0.15) is 18.0 Å². The highest BCUT2D eigenvalue weighted by atomic mass is 16.6. The van der Waals surface area contributed by atoms with Crippen molar-refractivity contribution < 1.29 is 9.66 Å². The van der Waals surface area contributed by atoms with E-state index in [0.717, 1.165) is 19.3 Å². The number of aryl methyl sites for hydroxylation is 1. The molecule has 0 radical (unpaired) electrons. The van der Waals surface area contributed by atoms with Crippen LogP contribution >= 0.6 is 0 Å². The maximum absolute atomic E-state index is 10.8. The lowest BCUT2D eigenvalue weighted by atomic mass is 10.1. The third-order valence-corrected chi connectivity index (χ3v) is 3.03. The number of hydrogen-bond acceptors (Lipinski definition) is 4. The van der Waals surface area contributed by atoms with Crippen LogP contribution in [0, 0.1) is 10.1 Å². The first kappa shape index (κ1) is 11.1. The zero-order valence-corrected chi connectivity index (χ0v) is 9.42. The Morgan fingerprint density at radius 1 is 1.69 bits per heavy atom. The molecule has 1 fully saturated rings. The average molecular weight is 225 g/mol. The van der Waals surface area contributed by atoms with E-state index in [2.05, 4.69) is 12.0 Å². The van der Waals surface area contributed by atoms with E-state index in [-0.39, 0.29) is 17.9 Å². The quantitative estimate of drug-likeness (QED) is 0.582. The van der Waals surface area contributed by atoms with E-state index in [1.807, 2.05) is 0 Å². The second-order valence-corrected chi connectivity index (χ2v) is 4.03. The molecule has 1 aromatic heterocycles. The van der Waals surface area contributed by atoms with Crippen LogP contribution in [0.1, 0.15) is 38.0 Å². The van der Waals surface area contributed by atoms with Crippen molar-refractivity contribution in [1.29, 1.82) is 0 Å². The summed E-state index contributed by atoms with van der Waals surface area (Å²) in [5, 5.41) is 14.8. The van der Waals surface area contributed by atoms with Crippen LogP contribution in [0.15, 0.2) is 6.20 Å². The van der Waals surface area contributed by atoms with Crippen molar-refractivity contribution in [2.24, 2.45) is 7.05 Å². The fourth-order valence-electron chi connectivity index (χ4n) is 2.16. The number of nitrogens with zero attached hydrogens (tertiary/aromatic N) is 3. The van der Waals surface area contributed by atoms with E-state index in [4.69, 9.17) is 4.74 Å². The third kappa shape index (κ3) is 1.80. The van der Waals surface area contributed by atoms with Crippen LogP contribution in [-0.4, -0.2) is 20.8 Å². The van der Waals surface area contributed by atoms with Gasteiger partial charge in [0.25, 0.3) is 0 Å². The van der Waals surface area contributed by atoms with Crippen LogP contribution < -0.4 is 0 Å². The number of aromatic nitrogens is 2. The summed E-state index contributed by atoms with van der Waals surface area (Å²) in [7, 11) is 1.71. The van der Waals surface area contributed by atoms with Crippen molar-refractivity contribution >= 4 is 5.69 Å². The first-order valence-electron chi connectivity index (χ1n) is 5.45. The predicted molar refractivity (Wildman–Crippen MR) is 57.0 cm³/mol. The number of hydrogen-bond donors (Lipinski definition) is 0. The van der Waals surface area contributed by atoms with Gasteiger partial charge in [-0.2, -0.15) is 5.10 Å². The van der Waals surface area contributed by atoms with Crippen molar-refractivity contribution in [2.45, 2.75) is 38.4 Å². The molecule has 1 saturated heterocycles. The van der Waals surface area contributed by atoms with E-state index >= 15 is 0 Å². The molecule has 1 aliphatic heterocycles. The summed E-state index contributed by atoms with van der Waals surface area (Å²) in [6.07, 6.45) is 4.07. The van der Waals surface area contributed by atoms with Gasteiger partial charge in [-0.1, -0.05) is 6.92 Å². The standard InChI is InChI=1S/C10H15N3O3/c1-3-7-4-5-9(16-7)10-8(13(14)15)6-11-12(10)2/h6-7,9H,3-5H2,1-2H3.